The van der Waals surface area contributed by atoms with Gasteiger partial charge in [-0.3, -0.25) is 0 Å². The molecule has 3 saturated heterocycles. The van der Waals surface area contributed by atoms with Crippen molar-refractivity contribution >= 4 is 34.8 Å². The normalized spacial score (nSPS) is 32.2. The third kappa shape index (κ3) is 4.78. The summed E-state index contributed by atoms with van der Waals surface area (Å²) in [7, 11) is 0. The number of benzene rings is 3. The molecule has 3 heterocycles. The molecule has 3 unspecified atom stereocenters. The summed E-state index contributed by atoms with van der Waals surface area (Å²) in [6, 6.07) is 22.3. The van der Waals surface area contributed by atoms with Crippen molar-refractivity contribution in [2.24, 2.45) is 0 Å². The number of rotatable bonds is 3. The molecule has 0 N–H and O–H groups in total. The van der Waals surface area contributed by atoms with Crippen LogP contribution in [-0.2, 0) is 28.4 Å². The van der Waals surface area contributed by atoms with Crippen LogP contribution in [0.2, 0.25) is 15.1 Å². The molecule has 3 aliphatic rings. The van der Waals surface area contributed by atoms with Gasteiger partial charge in [-0.2, -0.15) is 0 Å². The van der Waals surface area contributed by atoms with E-state index < -0.39 is 43.3 Å². The van der Waals surface area contributed by atoms with E-state index in [9.17, 15) is 0 Å². The highest BCUT2D eigenvalue weighted by Gasteiger charge is 2.51. The molecule has 6 nitrogen and oxygen atoms in total. The van der Waals surface area contributed by atoms with Gasteiger partial charge in [-0.1, -0.05) is 89.4 Å². The highest BCUT2D eigenvalue weighted by atomic mass is 35.5. The van der Waals surface area contributed by atoms with Crippen molar-refractivity contribution < 1.29 is 28.4 Å². The Hall–Kier alpha value is -1.71. The second-order valence-electron chi connectivity index (χ2n) is 8.78. The summed E-state index contributed by atoms with van der Waals surface area (Å²) in [5, 5.41) is 1.65. The van der Waals surface area contributed by atoms with Crippen molar-refractivity contribution in [3.8, 4) is 0 Å². The van der Waals surface area contributed by atoms with Crippen LogP contribution in [0.1, 0.15) is 35.6 Å². The number of hydrogen-bond acceptors (Lipinski definition) is 6. The summed E-state index contributed by atoms with van der Waals surface area (Å²) in [6.07, 6.45) is -4.11. The van der Waals surface area contributed by atoms with E-state index in [0.29, 0.717) is 20.6 Å². The van der Waals surface area contributed by atoms with Gasteiger partial charge in [-0.25, -0.2) is 0 Å². The molecule has 0 saturated carbocycles. The monoisotopic (exact) mass is 548 g/mol. The number of halogens is 3. The van der Waals surface area contributed by atoms with Crippen molar-refractivity contribution in [2.75, 3.05) is 13.2 Å². The summed E-state index contributed by atoms with van der Waals surface area (Å²) in [6.45, 7) is 0.430. The van der Waals surface area contributed by atoms with E-state index in [1.54, 1.807) is 18.2 Å². The molecule has 0 amide bonds. The fourth-order valence-electron chi connectivity index (χ4n) is 4.73. The lowest BCUT2D eigenvalue weighted by Crippen LogP contribution is -2.54. The van der Waals surface area contributed by atoms with Crippen molar-refractivity contribution in [2.45, 2.75) is 43.3 Å². The molecule has 36 heavy (non-hydrogen) atoms. The second-order valence-corrected chi connectivity index (χ2v) is 10.00. The molecular weight excluding hydrogens is 527 g/mol. The van der Waals surface area contributed by atoms with Gasteiger partial charge >= 0.3 is 0 Å². The number of hydrogen-bond donors (Lipinski definition) is 0. The predicted octanol–water partition coefficient (Wildman–Crippen LogP) is 6.66. The van der Waals surface area contributed by atoms with Crippen LogP contribution in [0, 0.1) is 0 Å². The Morgan fingerprint density at radius 2 is 0.833 bits per heavy atom. The predicted molar refractivity (Wildman–Crippen MR) is 134 cm³/mol. The molecule has 6 rings (SSSR count). The molecular formula is C27H23Cl3O6. The first-order chi connectivity index (χ1) is 17.6. The molecule has 3 aliphatic heterocycles. The Bertz CT molecular complexity index is 1180. The van der Waals surface area contributed by atoms with Gasteiger partial charge in [0, 0.05) is 31.8 Å². The molecule has 3 fully saturated rings. The van der Waals surface area contributed by atoms with Crippen molar-refractivity contribution in [1.29, 1.82) is 0 Å². The third-order valence-electron chi connectivity index (χ3n) is 6.52. The van der Waals surface area contributed by atoms with Crippen LogP contribution in [0.5, 0.6) is 0 Å². The van der Waals surface area contributed by atoms with Gasteiger partial charge in [0.15, 0.2) is 18.9 Å². The number of fused-ring (bicyclic) bond motifs is 3. The maximum absolute atomic E-state index is 6.48. The van der Waals surface area contributed by atoms with Crippen LogP contribution < -0.4 is 0 Å². The van der Waals surface area contributed by atoms with Gasteiger partial charge in [0.1, 0.15) is 24.4 Å². The molecule has 0 bridgehead atoms. The van der Waals surface area contributed by atoms with Crippen LogP contribution in [0.15, 0.2) is 72.8 Å². The maximum atomic E-state index is 6.48. The summed E-state index contributed by atoms with van der Waals surface area (Å²) >= 11 is 19.4. The summed E-state index contributed by atoms with van der Waals surface area (Å²) in [5.74, 6) is 0. The average molecular weight is 550 g/mol. The van der Waals surface area contributed by atoms with Crippen LogP contribution in [0.4, 0.5) is 0 Å². The van der Waals surface area contributed by atoms with Crippen LogP contribution in [-0.4, -0.2) is 37.6 Å². The highest BCUT2D eigenvalue weighted by Crippen LogP contribution is 2.44. The Morgan fingerprint density at radius 3 is 1.31 bits per heavy atom. The summed E-state index contributed by atoms with van der Waals surface area (Å²) in [4.78, 5) is 0. The molecule has 0 aliphatic carbocycles. The van der Waals surface area contributed by atoms with Gasteiger partial charge in [0.05, 0.1) is 13.2 Å². The first kappa shape index (κ1) is 24.6. The minimum atomic E-state index is -0.737. The zero-order chi connectivity index (χ0) is 24.6. The minimum Gasteiger partial charge on any atom is -0.346 e. The first-order valence-electron chi connectivity index (χ1n) is 11.7. The minimum absolute atomic E-state index is 0.200. The van der Waals surface area contributed by atoms with E-state index in [0.717, 1.165) is 11.1 Å². The van der Waals surface area contributed by atoms with E-state index in [2.05, 4.69) is 0 Å². The number of ether oxygens (including phenoxy) is 6. The average Bonchev–Trinajstić information content (AvgIpc) is 3.30. The fourth-order valence-corrected chi connectivity index (χ4v) is 5.40. The first-order valence-corrected chi connectivity index (χ1v) is 12.8. The summed E-state index contributed by atoms with van der Waals surface area (Å²) < 4.78 is 37.9. The molecule has 9 heteroatoms. The Labute approximate surface area is 223 Å². The largest absolute Gasteiger partial charge is 0.346 e. The van der Waals surface area contributed by atoms with E-state index in [4.69, 9.17) is 63.2 Å². The SMILES string of the molecule is Clc1ccccc1C1OC[C@@H]2OC(c3ccccc3Cl)OC[C@H]3OC(c4ccccc4Cl)O[C@@H]3[C@H]2O1. The molecule has 3 aromatic rings. The Morgan fingerprint density at radius 1 is 0.472 bits per heavy atom. The molecule has 3 aromatic carbocycles. The Kier molecular flexibility index (Phi) is 7.23. The second kappa shape index (κ2) is 10.6. The van der Waals surface area contributed by atoms with Crippen molar-refractivity contribution in [3.63, 3.8) is 0 Å². The smallest absolute Gasteiger partial charge is 0.186 e. The molecule has 0 aromatic heterocycles. The molecule has 7 atom stereocenters. The lowest BCUT2D eigenvalue weighted by Gasteiger charge is -2.42. The highest BCUT2D eigenvalue weighted by molar-refractivity contribution is 6.32. The van der Waals surface area contributed by atoms with Crippen LogP contribution >= 0.6 is 34.8 Å². The quantitative estimate of drug-likeness (QED) is 0.364. The van der Waals surface area contributed by atoms with Gasteiger partial charge in [-0.05, 0) is 18.2 Å². The van der Waals surface area contributed by atoms with Gasteiger partial charge in [0.25, 0.3) is 0 Å². The fraction of sp³-hybridized carbons (Fsp3) is 0.333. The van der Waals surface area contributed by atoms with Crippen LogP contribution in [0.25, 0.3) is 0 Å². The van der Waals surface area contributed by atoms with Crippen molar-refractivity contribution in [1.82, 2.24) is 0 Å². The third-order valence-corrected chi connectivity index (χ3v) is 7.55. The summed E-state index contributed by atoms with van der Waals surface area (Å²) in [5.41, 5.74) is 2.18. The van der Waals surface area contributed by atoms with E-state index in [1.807, 2.05) is 54.6 Å². The zero-order valence-corrected chi connectivity index (χ0v) is 21.2. The standard InChI is InChI=1S/C27H23Cl3O6/c28-18-10-4-1-7-15(18)25-31-14-22-24(36-27(34-22)17-9-3-6-12-20(17)30)23-21(33-25)13-32-26(35-23)16-8-2-5-11-19(16)29/h1-12,21-27H,13-14H2/t21-,22+,23-,24-,25?,26?,27?/m0/s1. The van der Waals surface area contributed by atoms with Gasteiger partial charge < -0.3 is 28.4 Å². The maximum Gasteiger partial charge on any atom is 0.186 e. The van der Waals surface area contributed by atoms with E-state index >= 15 is 0 Å². The molecule has 188 valence electrons. The topological polar surface area (TPSA) is 55.4 Å². The molecule has 0 radical (unpaired) electrons. The lowest BCUT2D eigenvalue weighted by molar-refractivity contribution is -0.324. The Balaban J connectivity index is 1.33. The van der Waals surface area contributed by atoms with E-state index in [-0.39, 0.29) is 13.2 Å². The van der Waals surface area contributed by atoms with E-state index in [1.165, 1.54) is 0 Å². The molecule has 0 spiro atoms. The van der Waals surface area contributed by atoms with Gasteiger partial charge in [0.2, 0.25) is 0 Å². The van der Waals surface area contributed by atoms with Crippen molar-refractivity contribution in [3.05, 3.63) is 105 Å². The zero-order valence-electron chi connectivity index (χ0n) is 19.0. The van der Waals surface area contributed by atoms with Crippen LogP contribution in [0.3, 0.4) is 0 Å². The van der Waals surface area contributed by atoms with Gasteiger partial charge in [-0.15, -0.1) is 0 Å². The lowest BCUT2D eigenvalue weighted by atomic mass is 10.0.